The van der Waals surface area contributed by atoms with Crippen LogP contribution in [0.15, 0.2) is 11.2 Å². The van der Waals surface area contributed by atoms with Crippen molar-refractivity contribution in [2.24, 2.45) is 0 Å². The van der Waals surface area contributed by atoms with Gasteiger partial charge in [0.25, 0.3) is 0 Å². The summed E-state index contributed by atoms with van der Waals surface area (Å²) in [7, 11) is 0. The lowest BCUT2D eigenvalue weighted by Gasteiger charge is -1.92. The van der Waals surface area contributed by atoms with Crippen molar-refractivity contribution >= 4 is 11.8 Å². The van der Waals surface area contributed by atoms with Crippen LogP contribution >= 0.6 is 11.8 Å². The molecule has 0 unspecified atom stereocenters. The average molecular weight is 193 g/mol. The monoisotopic (exact) mass is 193 g/mol. The second-order valence-corrected chi connectivity index (χ2v) is 4.16. The molecule has 1 aromatic rings. The third-order valence-corrected chi connectivity index (χ3v) is 3.00. The fourth-order valence-corrected chi connectivity index (χ4v) is 2.27. The van der Waals surface area contributed by atoms with E-state index in [9.17, 15) is 0 Å². The van der Waals surface area contributed by atoms with E-state index in [1.165, 1.54) is 12.2 Å². The number of nitrogens with zero attached hydrogens (tertiary/aromatic N) is 3. The van der Waals surface area contributed by atoms with Gasteiger partial charge in [0, 0.05) is 31.3 Å². The Morgan fingerprint density at radius 2 is 2.62 bits per heavy atom. The highest BCUT2D eigenvalue weighted by Crippen LogP contribution is 2.22. The van der Waals surface area contributed by atoms with Gasteiger partial charge >= 0.3 is 0 Å². The summed E-state index contributed by atoms with van der Waals surface area (Å²) in [6, 6.07) is 2.13. The van der Waals surface area contributed by atoms with Crippen molar-refractivity contribution < 1.29 is 0 Å². The van der Waals surface area contributed by atoms with Crippen molar-refractivity contribution in [3.05, 3.63) is 12.0 Å². The van der Waals surface area contributed by atoms with Crippen LogP contribution in [0.5, 0.6) is 0 Å². The molecule has 0 atom stereocenters. The fraction of sp³-hybridized carbons (Fsp3) is 0.556. The zero-order valence-electron chi connectivity index (χ0n) is 7.36. The summed E-state index contributed by atoms with van der Waals surface area (Å²) in [6.45, 7) is 1.11. The van der Waals surface area contributed by atoms with Crippen molar-refractivity contribution in [2.45, 2.75) is 30.8 Å². The summed E-state index contributed by atoms with van der Waals surface area (Å²) in [5.74, 6) is 2.06. The van der Waals surface area contributed by atoms with Gasteiger partial charge in [-0.25, -0.2) is 4.98 Å². The highest BCUT2D eigenvalue weighted by Gasteiger charge is 2.13. The van der Waals surface area contributed by atoms with E-state index in [1.54, 1.807) is 11.8 Å². The molecule has 0 spiro atoms. The van der Waals surface area contributed by atoms with Gasteiger partial charge in [-0.2, -0.15) is 5.26 Å². The fourth-order valence-electron chi connectivity index (χ4n) is 1.50. The van der Waals surface area contributed by atoms with Crippen LogP contribution in [0, 0.1) is 11.3 Å². The molecule has 4 heteroatoms. The highest BCUT2D eigenvalue weighted by molar-refractivity contribution is 7.99. The number of hydrogen-bond donors (Lipinski definition) is 0. The van der Waals surface area contributed by atoms with Gasteiger partial charge in [-0.1, -0.05) is 0 Å². The van der Waals surface area contributed by atoms with Crippen LogP contribution in [-0.4, -0.2) is 15.3 Å². The molecule has 13 heavy (non-hydrogen) atoms. The Morgan fingerprint density at radius 3 is 3.38 bits per heavy atom. The van der Waals surface area contributed by atoms with Crippen molar-refractivity contribution in [3.63, 3.8) is 0 Å². The van der Waals surface area contributed by atoms with Gasteiger partial charge in [-0.05, 0) is 6.42 Å². The second kappa shape index (κ2) is 3.84. The van der Waals surface area contributed by atoms with Gasteiger partial charge in [0.2, 0.25) is 0 Å². The molecule has 1 aliphatic heterocycles. The van der Waals surface area contributed by atoms with Crippen LogP contribution in [0.3, 0.4) is 0 Å². The molecule has 0 aliphatic carbocycles. The lowest BCUT2D eigenvalue weighted by atomic mass is 10.4. The third-order valence-electron chi connectivity index (χ3n) is 2.10. The van der Waals surface area contributed by atoms with E-state index in [1.807, 2.05) is 0 Å². The first kappa shape index (κ1) is 8.64. The van der Waals surface area contributed by atoms with E-state index in [0.717, 1.165) is 23.7 Å². The number of imidazole rings is 1. The van der Waals surface area contributed by atoms with E-state index in [4.69, 9.17) is 5.26 Å². The van der Waals surface area contributed by atoms with Crippen LogP contribution in [-0.2, 0) is 13.0 Å². The summed E-state index contributed by atoms with van der Waals surface area (Å²) < 4.78 is 2.22. The van der Waals surface area contributed by atoms with Crippen LogP contribution in [0.25, 0.3) is 0 Å². The number of thioether (sulfide) groups is 1. The van der Waals surface area contributed by atoms with Crippen LogP contribution < -0.4 is 0 Å². The molecule has 0 aromatic carbocycles. The average Bonchev–Trinajstić information content (AvgIpc) is 2.64. The van der Waals surface area contributed by atoms with Gasteiger partial charge < -0.3 is 4.57 Å². The summed E-state index contributed by atoms with van der Waals surface area (Å²) in [5, 5.41) is 9.45. The Hall–Kier alpha value is -0.950. The van der Waals surface area contributed by atoms with Gasteiger partial charge in [-0.3, -0.25) is 0 Å². The number of aryl methyl sites for hydroxylation is 2. The Balaban J connectivity index is 1.95. The Kier molecular flexibility index (Phi) is 2.55. The molecule has 3 nitrogen and oxygen atoms in total. The second-order valence-electron chi connectivity index (χ2n) is 3.05. The number of nitriles is 1. The quantitative estimate of drug-likeness (QED) is 0.543. The number of aromatic nitrogens is 2. The molecule has 1 aromatic heterocycles. The van der Waals surface area contributed by atoms with Gasteiger partial charge in [0.05, 0.1) is 6.07 Å². The molecule has 1 aliphatic rings. The Bertz CT molecular complexity index is 316. The lowest BCUT2D eigenvalue weighted by molar-refractivity contribution is 0.745. The van der Waals surface area contributed by atoms with Gasteiger partial charge in [0.15, 0.2) is 0 Å². The molecular formula is C9H11N3S. The first-order chi connectivity index (χ1) is 6.40. The molecular weight excluding hydrogens is 182 g/mol. The summed E-state index contributed by atoms with van der Waals surface area (Å²) >= 11 is 1.67. The predicted molar refractivity (Wildman–Crippen MR) is 51.5 cm³/mol. The molecule has 2 heterocycles. The molecule has 68 valence electrons. The van der Waals surface area contributed by atoms with E-state index >= 15 is 0 Å². The van der Waals surface area contributed by atoms with E-state index < -0.39 is 0 Å². The largest absolute Gasteiger partial charge is 0.334 e. The number of fused-ring (bicyclic) bond motifs is 1. The minimum atomic E-state index is 0.604. The lowest BCUT2D eigenvalue weighted by Crippen LogP contribution is -1.87. The zero-order valence-corrected chi connectivity index (χ0v) is 8.18. The minimum Gasteiger partial charge on any atom is -0.334 e. The van der Waals surface area contributed by atoms with E-state index in [-0.39, 0.29) is 0 Å². The first-order valence-corrected chi connectivity index (χ1v) is 5.44. The maximum atomic E-state index is 8.37. The summed E-state index contributed by atoms with van der Waals surface area (Å²) in [5.41, 5.74) is 0. The maximum absolute atomic E-state index is 8.37. The van der Waals surface area contributed by atoms with Crippen molar-refractivity contribution in [1.82, 2.24) is 9.55 Å². The van der Waals surface area contributed by atoms with Crippen LogP contribution in [0.2, 0.25) is 0 Å². The first-order valence-electron chi connectivity index (χ1n) is 4.46. The smallest absolute Gasteiger partial charge is 0.114 e. The van der Waals surface area contributed by atoms with E-state index in [0.29, 0.717) is 6.42 Å². The minimum absolute atomic E-state index is 0.604. The Labute approximate surface area is 81.8 Å². The van der Waals surface area contributed by atoms with Crippen molar-refractivity contribution in [3.8, 4) is 6.07 Å². The van der Waals surface area contributed by atoms with Gasteiger partial charge in [-0.15, -0.1) is 11.8 Å². The normalized spacial score (nSPS) is 14.1. The summed E-state index contributed by atoms with van der Waals surface area (Å²) in [4.78, 5) is 4.48. The molecule has 0 saturated heterocycles. The molecule has 0 amide bonds. The highest BCUT2D eigenvalue weighted by atomic mass is 32.2. The molecule has 0 radical (unpaired) electrons. The third kappa shape index (κ3) is 1.86. The number of hydrogen-bond acceptors (Lipinski definition) is 3. The molecule has 0 bridgehead atoms. The van der Waals surface area contributed by atoms with Gasteiger partial charge in [0.1, 0.15) is 10.9 Å². The topological polar surface area (TPSA) is 41.6 Å². The number of rotatable bonds is 3. The molecule has 0 N–H and O–H groups in total. The standard InChI is InChI=1S/C9H11N3S/c10-4-2-6-13-9-7-12-5-1-3-8(12)11-9/h7H,1-3,5-6H2. The van der Waals surface area contributed by atoms with Crippen molar-refractivity contribution in [1.29, 1.82) is 5.26 Å². The molecule has 0 fully saturated rings. The van der Waals surface area contributed by atoms with Crippen molar-refractivity contribution in [2.75, 3.05) is 5.75 Å². The van der Waals surface area contributed by atoms with E-state index in [2.05, 4.69) is 21.8 Å². The van der Waals surface area contributed by atoms with Crippen LogP contribution in [0.4, 0.5) is 0 Å². The molecule has 0 saturated carbocycles. The zero-order chi connectivity index (χ0) is 9.10. The maximum Gasteiger partial charge on any atom is 0.114 e. The SMILES string of the molecule is N#CCCSc1cn2c(n1)CCC2. The van der Waals surface area contributed by atoms with Crippen LogP contribution in [0.1, 0.15) is 18.7 Å². The summed E-state index contributed by atoms with van der Waals surface area (Å²) in [6.07, 6.45) is 5.04. The Morgan fingerprint density at radius 1 is 1.69 bits per heavy atom. The predicted octanol–water partition coefficient (Wildman–Crippen LogP) is 1.84. The molecule has 2 rings (SSSR count).